The van der Waals surface area contributed by atoms with E-state index in [4.69, 9.17) is 5.11 Å². The summed E-state index contributed by atoms with van der Waals surface area (Å²) in [7, 11) is 1.53. The van der Waals surface area contributed by atoms with Crippen molar-refractivity contribution in [3.05, 3.63) is 30.1 Å². The lowest BCUT2D eigenvalue weighted by Crippen LogP contribution is -2.23. The molecule has 0 unspecified atom stereocenters. The van der Waals surface area contributed by atoms with Crippen LogP contribution in [0.25, 0.3) is 11.0 Å². The van der Waals surface area contributed by atoms with E-state index < -0.39 is 5.97 Å². The number of carbonyl (C=O) groups is 2. The molecule has 6 nitrogen and oxygen atoms in total. The van der Waals surface area contributed by atoms with Crippen molar-refractivity contribution in [2.75, 3.05) is 7.05 Å². The highest BCUT2D eigenvalue weighted by molar-refractivity contribution is 5.82. The van der Waals surface area contributed by atoms with Crippen molar-refractivity contribution in [2.24, 2.45) is 0 Å². The van der Waals surface area contributed by atoms with Gasteiger partial charge in [-0.2, -0.15) is 0 Å². The van der Waals surface area contributed by atoms with E-state index in [1.165, 1.54) is 7.05 Å². The highest BCUT2D eigenvalue weighted by Crippen LogP contribution is 2.16. The molecule has 0 atom stereocenters. The molecule has 0 fully saturated rings. The standard InChI is InChI=1S/C12H13N3O3/c1-13-11(16)6-10-14-8-4-2-3-5-9(8)15(10)7-12(17)18/h2-5H,6-7H2,1H3,(H,13,16)(H,17,18). The number of amides is 1. The summed E-state index contributed by atoms with van der Waals surface area (Å²) in [6.07, 6.45) is 0.0679. The summed E-state index contributed by atoms with van der Waals surface area (Å²) >= 11 is 0. The molecule has 0 bridgehead atoms. The van der Waals surface area contributed by atoms with Crippen LogP contribution in [0.15, 0.2) is 24.3 Å². The molecular weight excluding hydrogens is 234 g/mol. The molecule has 1 aromatic heterocycles. The van der Waals surface area contributed by atoms with E-state index in [0.717, 1.165) is 5.52 Å². The Morgan fingerprint density at radius 3 is 2.78 bits per heavy atom. The van der Waals surface area contributed by atoms with E-state index in [1.54, 1.807) is 16.7 Å². The number of aliphatic carboxylic acids is 1. The molecule has 1 amide bonds. The normalized spacial score (nSPS) is 10.5. The quantitative estimate of drug-likeness (QED) is 0.819. The molecule has 1 aromatic carbocycles. The van der Waals surface area contributed by atoms with Gasteiger partial charge in [-0.25, -0.2) is 4.98 Å². The first kappa shape index (κ1) is 12.1. The van der Waals surface area contributed by atoms with Crippen molar-refractivity contribution in [2.45, 2.75) is 13.0 Å². The third-order valence-corrected chi connectivity index (χ3v) is 2.62. The van der Waals surface area contributed by atoms with Gasteiger partial charge in [-0.3, -0.25) is 9.59 Å². The first-order valence-electron chi connectivity index (χ1n) is 5.48. The lowest BCUT2D eigenvalue weighted by molar-refractivity contribution is -0.137. The number of aromatic nitrogens is 2. The van der Waals surface area contributed by atoms with E-state index >= 15 is 0 Å². The monoisotopic (exact) mass is 247 g/mol. The smallest absolute Gasteiger partial charge is 0.323 e. The summed E-state index contributed by atoms with van der Waals surface area (Å²) in [5.41, 5.74) is 1.41. The second-order valence-electron chi connectivity index (χ2n) is 3.85. The number of carbonyl (C=O) groups excluding carboxylic acids is 1. The SMILES string of the molecule is CNC(=O)Cc1nc2ccccc2n1CC(=O)O. The Morgan fingerprint density at radius 1 is 1.39 bits per heavy atom. The van der Waals surface area contributed by atoms with Crippen molar-refractivity contribution in [3.8, 4) is 0 Å². The predicted molar refractivity (Wildman–Crippen MR) is 65.1 cm³/mol. The minimum Gasteiger partial charge on any atom is -0.480 e. The lowest BCUT2D eigenvalue weighted by atomic mass is 10.3. The third kappa shape index (κ3) is 2.32. The molecule has 0 aliphatic heterocycles. The zero-order valence-corrected chi connectivity index (χ0v) is 9.88. The number of carboxylic acids is 1. The van der Waals surface area contributed by atoms with Crippen LogP contribution in [0.1, 0.15) is 5.82 Å². The predicted octanol–water partition coefficient (Wildman–Crippen LogP) is 0.409. The fraction of sp³-hybridized carbons (Fsp3) is 0.250. The van der Waals surface area contributed by atoms with Gasteiger partial charge in [0.2, 0.25) is 5.91 Å². The number of nitrogens with one attached hydrogen (secondary N) is 1. The molecule has 0 aliphatic carbocycles. The maximum Gasteiger partial charge on any atom is 0.323 e. The molecular formula is C12H13N3O3. The highest BCUT2D eigenvalue weighted by Gasteiger charge is 2.14. The number of fused-ring (bicyclic) bond motifs is 1. The van der Waals surface area contributed by atoms with Gasteiger partial charge in [-0.05, 0) is 12.1 Å². The van der Waals surface area contributed by atoms with Gasteiger partial charge in [0.15, 0.2) is 0 Å². The maximum atomic E-state index is 11.4. The van der Waals surface area contributed by atoms with Gasteiger partial charge in [0.1, 0.15) is 12.4 Å². The number of para-hydroxylation sites is 2. The van der Waals surface area contributed by atoms with Gasteiger partial charge in [0.05, 0.1) is 17.5 Å². The van der Waals surface area contributed by atoms with Crippen LogP contribution in [0.4, 0.5) is 0 Å². The number of rotatable bonds is 4. The largest absolute Gasteiger partial charge is 0.480 e. The highest BCUT2D eigenvalue weighted by atomic mass is 16.4. The van der Waals surface area contributed by atoms with Crippen LogP contribution in [0.2, 0.25) is 0 Å². The molecule has 2 aromatic rings. The average Bonchev–Trinajstić information content (AvgIpc) is 2.67. The zero-order chi connectivity index (χ0) is 13.1. The third-order valence-electron chi connectivity index (χ3n) is 2.62. The van der Waals surface area contributed by atoms with Gasteiger partial charge in [0, 0.05) is 7.05 Å². The number of nitrogens with zero attached hydrogens (tertiary/aromatic N) is 2. The van der Waals surface area contributed by atoms with Gasteiger partial charge in [-0.15, -0.1) is 0 Å². The molecule has 1 heterocycles. The van der Waals surface area contributed by atoms with Crippen LogP contribution in [-0.2, 0) is 22.6 Å². The molecule has 2 rings (SSSR count). The Kier molecular flexibility index (Phi) is 3.27. The van der Waals surface area contributed by atoms with Crippen LogP contribution in [0.5, 0.6) is 0 Å². The van der Waals surface area contributed by atoms with Crippen molar-refractivity contribution in [1.29, 1.82) is 0 Å². The summed E-state index contributed by atoms with van der Waals surface area (Å²) in [5, 5.41) is 11.4. The Bertz CT molecular complexity index is 604. The van der Waals surface area contributed by atoms with Gasteiger partial charge in [0.25, 0.3) is 0 Å². The Hall–Kier alpha value is -2.37. The molecule has 18 heavy (non-hydrogen) atoms. The number of likely N-dealkylation sites (N-methyl/N-ethyl adjacent to an activating group) is 1. The lowest BCUT2D eigenvalue weighted by Gasteiger charge is -2.05. The van der Waals surface area contributed by atoms with Gasteiger partial charge >= 0.3 is 5.97 Å². The average molecular weight is 247 g/mol. The Labute approximate surface area is 103 Å². The van der Waals surface area contributed by atoms with Crippen molar-refractivity contribution in [3.63, 3.8) is 0 Å². The Morgan fingerprint density at radius 2 is 2.11 bits per heavy atom. The second kappa shape index (κ2) is 4.87. The minimum atomic E-state index is -0.962. The molecule has 0 radical (unpaired) electrons. The molecule has 94 valence electrons. The second-order valence-corrected chi connectivity index (χ2v) is 3.85. The number of benzene rings is 1. The fourth-order valence-electron chi connectivity index (χ4n) is 1.80. The first-order valence-corrected chi connectivity index (χ1v) is 5.48. The van der Waals surface area contributed by atoms with Crippen LogP contribution in [0.3, 0.4) is 0 Å². The number of imidazole rings is 1. The van der Waals surface area contributed by atoms with Crippen molar-refractivity contribution < 1.29 is 14.7 Å². The van der Waals surface area contributed by atoms with Gasteiger partial charge in [-0.1, -0.05) is 12.1 Å². The minimum absolute atomic E-state index is 0.0679. The Balaban J connectivity index is 2.49. The number of hydrogen-bond donors (Lipinski definition) is 2. The van der Waals surface area contributed by atoms with Crippen LogP contribution < -0.4 is 5.32 Å². The molecule has 6 heteroatoms. The van der Waals surface area contributed by atoms with E-state index in [0.29, 0.717) is 11.3 Å². The molecule has 0 saturated carbocycles. The van der Waals surface area contributed by atoms with Crippen molar-refractivity contribution >= 4 is 22.9 Å². The topological polar surface area (TPSA) is 84.2 Å². The summed E-state index contributed by atoms with van der Waals surface area (Å²) in [6.45, 7) is -0.202. The van der Waals surface area contributed by atoms with E-state index in [9.17, 15) is 9.59 Å². The number of hydrogen-bond acceptors (Lipinski definition) is 3. The van der Waals surface area contributed by atoms with E-state index in [-0.39, 0.29) is 18.9 Å². The maximum absolute atomic E-state index is 11.4. The molecule has 0 aliphatic rings. The van der Waals surface area contributed by atoms with Crippen LogP contribution in [-0.4, -0.2) is 33.6 Å². The van der Waals surface area contributed by atoms with Gasteiger partial charge < -0.3 is 15.0 Å². The summed E-state index contributed by atoms with van der Waals surface area (Å²) in [6, 6.07) is 7.22. The summed E-state index contributed by atoms with van der Waals surface area (Å²) in [5.74, 6) is -0.703. The number of carboxylic acid groups (broad SMARTS) is 1. The fourth-order valence-corrected chi connectivity index (χ4v) is 1.80. The summed E-state index contributed by atoms with van der Waals surface area (Å²) in [4.78, 5) is 26.5. The van der Waals surface area contributed by atoms with Crippen LogP contribution in [0, 0.1) is 0 Å². The van der Waals surface area contributed by atoms with E-state index in [2.05, 4.69) is 10.3 Å². The summed E-state index contributed by atoms with van der Waals surface area (Å²) < 4.78 is 1.55. The van der Waals surface area contributed by atoms with Crippen LogP contribution >= 0.6 is 0 Å². The zero-order valence-electron chi connectivity index (χ0n) is 9.88. The first-order chi connectivity index (χ1) is 8.61. The molecule has 0 spiro atoms. The van der Waals surface area contributed by atoms with E-state index in [1.807, 2.05) is 12.1 Å². The molecule has 2 N–H and O–H groups in total. The molecule has 0 saturated heterocycles. The van der Waals surface area contributed by atoms with Crippen molar-refractivity contribution in [1.82, 2.24) is 14.9 Å².